The van der Waals surface area contributed by atoms with Gasteiger partial charge in [-0.25, -0.2) is 13.1 Å². The van der Waals surface area contributed by atoms with Crippen molar-refractivity contribution in [3.05, 3.63) is 17.6 Å². The van der Waals surface area contributed by atoms with Crippen LogP contribution in [0.25, 0.3) is 0 Å². The van der Waals surface area contributed by atoms with E-state index in [1.54, 1.807) is 6.92 Å². The molecule has 0 unspecified atom stereocenters. The van der Waals surface area contributed by atoms with Crippen LogP contribution in [0.15, 0.2) is 15.4 Å². The van der Waals surface area contributed by atoms with Gasteiger partial charge in [0.05, 0.1) is 0 Å². The smallest absolute Gasteiger partial charge is 0.244 e. The van der Waals surface area contributed by atoms with Crippen molar-refractivity contribution in [1.29, 1.82) is 0 Å². The van der Waals surface area contributed by atoms with Crippen LogP contribution in [0.4, 0.5) is 0 Å². The first-order chi connectivity index (χ1) is 8.44. The fraction of sp³-hybridized carbons (Fsp3) is 0.667. The van der Waals surface area contributed by atoms with Crippen molar-refractivity contribution in [3.8, 4) is 0 Å². The Balaban J connectivity index is 2.82. The van der Waals surface area contributed by atoms with E-state index in [2.05, 4.69) is 4.72 Å². The number of furan rings is 1. The number of aliphatic hydroxyl groups is 1. The zero-order valence-corrected chi connectivity index (χ0v) is 11.9. The van der Waals surface area contributed by atoms with Gasteiger partial charge >= 0.3 is 0 Å². The molecule has 104 valence electrons. The number of hydrogen-bond acceptors (Lipinski definition) is 4. The third kappa shape index (κ3) is 3.57. The fourth-order valence-electron chi connectivity index (χ4n) is 1.75. The molecule has 0 amide bonds. The maximum atomic E-state index is 12.1. The summed E-state index contributed by atoms with van der Waals surface area (Å²) in [5.74, 6) is 0.899. The van der Waals surface area contributed by atoms with E-state index in [-0.39, 0.29) is 17.3 Å². The molecule has 1 aromatic heterocycles. The molecular weight excluding hydrogens is 254 g/mol. The van der Waals surface area contributed by atoms with Gasteiger partial charge < -0.3 is 9.52 Å². The van der Waals surface area contributed by atoms with Gasteiger partial charge in [0.25, 0.3) is 0 Å². The topological polar surface area (TPSA) is 79.5 Å². The Morgan fingerprint density at radius 3 is 2.44 bits per heavy atom. The van der Waals surface area contributed by atoms with Gasteiger partial charge in [-0.1, -0.05) is 26.7 Å². The molecule has 0 atom stereocenters. The predicted molar refractivity (Wildman–Crippen MR) is 68.6 cm³/mol. The van der Waals surface area contributed by atoms with Crippen LogP contribution >= 0.6 is 0 Å². The van der Waals surface area contributed by atoms with Crippen molar-refractivity contribution < 1.29 is 17.9 Å². The van der Waals surface area contributed by atoms with Crippen LogP contribution in [-0.4, -0.2) is 20.1 Å². The van der Waals surface area contributed by atoms with E-state index >= 15 is 0 Å². The normalized spacial score (nSPS) is 12.3. The highest BCUT2D eigenvalue weighted by Crippen LogP contribution is 2.20. The SMILES string of the molecule is CCC(CC)CNS(=O)(=O)c1cc(CO)oc1C. The quantitative estimate of drug-likeness (QED) is 0.795. The van der Waals surface area contributed by atoms with Crippen LogP contribution in [0.3, 0.4) is 0 Å². The minimum absolute atomic E-state index is 0.109. The summed E-state index contributed by atoms with van der Waals surface area (Å²) in [7, 11) is -3.55. The zero-order chi connectivity index (χ0) is 13.8. The van der Waals surface area contributed by atoms with E-state index in [0.717, 1.165) is 12.8 Å². The van der Waals surface area contributed by atoms with Crippen LogP contribution in [0.2, 0.25) is 0 Å². The van der Waals surface area contributed by atoms with E-state index in [0.29, 0.717) is 18.2 Å². The lowest BCUT2D eigenvalue weighted by Gasteiger charge is -2.13. The molecule has 0 bridgehead atoms. The predicted octanol–water partition coefficient (Wildman–Crippen LogP) is 1.79. The number of aliphatic hydroxyl groups excluding tert-OH is 1. The molecule has 0 aliphatic heterocycles. The number of nitrogens with one attached hydrogen (secondary N) is 1. The summed E-state index contributed by atoms with van der Waals surface area (Å²) in [6, 6.07) is 1.37. The van der Waals surface area contributed by atoms with Gasteiger partial charge in [0.1, 0.15) is 23.0 Å². The Kier molecular flexibility index (Phi) is 5.37. The fourth-order valence-corrected chi connectivity index (χ4v) is 3.07. The third-order valence-electron chi connectivity index (χ3n) is 3.09. The number of hydrogen-bond donors (Lipinski definition) is 2. The molecular formula is C12H21NO4S. The van der Waals surface area contributed by atoms with E-state index < -0.39 is 10.0 Å². The number of aryl methyl sites for hydroxylation is 1. The molecule has 0 fully saturated rings. The van der Waals surface area contributed by atoms with E-state index in [4.69, 9.17) is 9.52 Å². The number of sulfonamides is 1. The van der Waals surface area contributed by atoms with Gasteiger partial charge in [-0.05, 0) is 12.8 Å². The second-order valence-electron chi connectivity index (χ2n) is 4.33. The van der Waals surface area contributed by atoms with Gasteiger partial charge in [0.15, 0.2) is 0 Å². The van der Waals surface area contributed by atoms with Gasteiger partial charge in [-0.2, -0.15) is 0 Å². The standard InChI is InChI=1S/C12H21NO4S/c1-4-10(5-2)7-13-18(15,16)12-6-11(8-14)17-9(12)3/h6,10,13-14H,4-5,7-8H2,1-3H3. The summed E-state index contributed by atoms with van der Waals surface area (Å²) in [4.78, 5) is 0.109. The molecule has 0 aliphatic rings. The van der Waals surface area contributed by atoms with Gasteiger partial charge in [-0.15, -0.1) is 0 Å². The molecule has 6 heteroatoms. The minimum atomic E-state index is -3.55. The zero-order valence-electron chi connectivity index (χ0n) is 11.1. The van der Waals surface area contributed by atoms with Crippen LogP contribution in [0, 0.1) is 12.8 Å². The second kappa shape index (κ2) is 6.36. The molecule has 1 heterocycles. The van der Waals surface area contributed by atoms with Crippen LogP contribution in [0.5, 0.6) is 0 Å². The second-order valence-corrected chi connectivity index (χ2v) is 6.06. The summed E-state index contributed by atoms with van der Waals surface area (Å²) in [6.07, 6.45) is 1.87. The van der Waals surface area contributed by atoms with Crippen molar-refractivity contribution in [2.24, 2.45) is 5.92 Å². The Bertz CT molecular complexity index is 474. The van der Waals surface area contributed by atoms with E-state index in [1.165, 1.54) is 6.07 Å². The average molecular weight is 275 g/mol. The molecule has 1 aromatic rings. The number of rotatable bonds is 7. The van der Waals surface area contributed by atoms with Crippen molar-refractivity contribution in [3.63, 3.8) is 0 Å². The molecule has 0 radical (unpaired) electrons. The summed E-state index contributed by atoms with van der Waals surface area (Å²) in [6.45, 7) is 5.77. The molecule has 5 nitrogen and oxygen atoms in total. The molecule has 18 heavy (non-hydrogen) atoms. The molecule has 2 N–H and O–H groups in total. The third-order valence-corrected chi connectivity index (χ3v) is 4.62. The van der Waals surface area contributed by atoms with Crippen molar-refractivity contribution in [2.75, 3.05) is 6.54 Å². The van der Waals surface area contributed by atoms with Crippen molar-refractivity contribution >= 4 is 10.0 Å². The maximum absolute atomic E-state index is 12.1. The Hall–Kier alpha value is -0.850. The summed E-state index contributed by atoms with van der Waals surface area (Å²) in [5.41, 5.74) is 0. The van der Waals surface area contributed by atoms with Crippen LogP contribution < -0.4 is 4.72 Å². The first-order valence-corrected chi connectivity index (χ1v) is 7.62. The monoisotopic (exact) mass is 275 g/mol. The van der Waals surface area contributed by atoms with E-state index in [9.17, 15) is 8.42 Å². The first kappa shape index (κ1) is 15.2. The highest BCUT2D eigenvalue weighted by molar-refractivity contribution is 7.89. The van der Waals surface area contributed by atoms with Crippen LogP contribution in [0.1, 0.15) is 38.2 Å². The lowest BCUT2D eigenvalue weighted by Crippen LogP contribution is -2.29. The Labute approximate surface area is 108 Å². The lowest BCUT2D eigenvalue weighted by atomic mass is 10.0. The first-order valence-electron chi connectivity index (χ1n) is 6.14. The van der Waals surface area contributed by atoms with Crippen molar-refractivity contribution in [2.45, 2.75) is 45.1 Å². The minimum Gasteiger partial charge on any atom is -0.462 e. The average Bonchev–Trinajstić information content (AvgIpc) is 2.72. The van der Waals surface area contributed by atoms with Gasteiger partial charge in [-0.3, -0.25) is 0 Å². The molecule has 0 saturated carbocycles. The maximum Gasteiger partial charge on any atom is 0.244 e. The van der Waals surface area contributed by atoms with Crippen molar-refractivity contribution in [1.82, 2.24) is 4.72 Å². The Morgan fingerprint density at radius 1 is 1.39 bits per heavy atom. The van der Waals surface area contributed by atoms with E-state index in [1.807, 2.05) is 13.8 Å². The summed E-state index contributed by atoms with van der Waals surface area (Å²) >= 11 is 0. The largest absolute Gasteiger partial charge is 0.462 e. The molecule has 0 aliphatic carbocycles. The molecule has 0 saturated heterocycles. The highest BCUT2D eigenvalue weighted by atomic mass is 32.2. The van der Waals surface area contributed by atoms with Gasteiger partial charge in [0.2, 0.25) is 10.0 Å². The molecule has 0 spiro atoms. The Morgan fingerprint density at radius 2 is 2.00 bits per heavy atom. The van der Waals surface area contributed by atoms with Crippen LogP contribution in [-0.2, 0) is 16.6 Å². The van der Waals surface area contributed by atoms with Gasteiger partial charge in [0, 0.05) is 12.6 Å². The lowest BCUT2D eigenvalue weighted by molar-refractivity contribution is 0.244. The summed E-state index contributed by atoms with van der Waals surface area (Å²) in [5, 5.41) is 8.93. The summed E-state index contributed by atoms with van der Waals surface area (Å²) < 4.78 is 31.9. The molecule has 1 rings (SSSR count). The molecule has 0 aromatic carbocycles. The highest BCUT2D eigenvalue weighted by Gasteiger charge is 2.21.